The van der Waals surface area contributed by atoms with Crippen molar-refractivity contribution in [2.45, 2.75) is 19.0 Å². The van der Waals surface area contributed by atoms with Gasteiger partial charge in [-0.15, -0.1) is 0 Å². The average Bonchev–Trinajstić information content (AvgIpc) is 2.29. The summed E-state index contributed by atoms with van der Waals surface area (Å²) in [5, 5.41) is 0. The number of nitrogen functional groups attached to an aromatic ring is 1. The number of hydrogen-bond acceptors (Lipinski definition) is 4. The molecule has 0 unspecified atom stereocenters. The molecule has 106 valence electrons. The number of ether oxygens (including phenoxy) is 1. The summed E-state index contributed by atoms with van der Waals surface area (Å²) in [6.07, 6.45) is -8.85. The molecular formula is C10H9F5N2O2. The number of methoxy groups -OCH3 is 1. The highest BCUT2D eigenvalue weighted by Crippen LogP contribution is 2.37. The second-order valence-corrected chi connectivity index (χ2v) is 3.51. The van der Waals surface area contributed by atoms with Crippen LogP contribution in [0.2, 0.25) is 0 Å². The Morgan fingerprint density at radius 2 is 2.05 bits per heavy atom. The van der Waals surface area contributed by atoms with Crippen molar-refractivity contribution in [1.29, 1.82) is 0 Å². The molecule has 0 atom stereocenters. The van der Waals surface area contributed by atoms with E-state index in [1.807, 2.05) is 0 Å². The van der Waals surface area contributed by atoms with E-state index in [4.69, 9.17) is 5.73 Å². The fraction of sp³-hybridized carbons (Fsp3) is 0.400. The van der Waals surface area contributed by atoms with E-state index < -0.39 is 47.6 Å². The molecule has 0 saturated carbocycles. The zero-order valence-electron chi connectivity index (χ0n) is 9.59. The summed E-state index contributed by atoms with van der Waals surface area (Å²) in [6.45, 7) is 0. The Morgan fingerprint density at radius 1 is 1.47 bits per heavy atom. The molecule has 0 fully saturated rings. The monoisotopic (exact) mass is 284 g/mol. The van der Waals surface area contributed by atoms with Crippen LogP contribution in [0, 0.1) is 0 Å². The van der Waals surface area contributed by atoms with E-state index >= 15 is 0 Å². The second-order valence-electron chi connectivity index (χ2n) is 3.51. The molecule has 0 aromatic carbocycles. The molecular weight excluding hydrogens is 275 g/mol. The number of nitrogens with two attached hydrogens (primary N) is 1. The summed E-state index contributed by atoms with van der Waals surface area (Å²) >= 11 is 0. The predicted octanol–water partition coefficient (Wildman–Crippen LogP) is 2.34. The van der Waals surface area contributed by atoms with Gasteiger partial charge >= 0.3 is 12.1 Å². The number of hydrogen-bond donors (Lipinski definition) is 1. The molecule has 4 nitrogen and oxygen atoms in total. The van der Waals surface area contributed by atoms with Gasteiger partial charge in [0.25, 0.3) is 6.43 Å². The van der Waals surface area contributed by atoms with Crippen molar-refractivity contribution >= 4 is 11.7 Å². The van der Waals surface area contributed by atoms with Crippen molar-refractivity contribution in [1.82, 2.24) is 4.98 Å². The van der Waals surface area contributed by atoms with E-state index in [-0.39, 0.29) is 0 Å². The van der Waals surface area contributed by atoms with Crippen LogP contribution < -0.4 is 5.73 Å². The minimum atomic E-state index is -4.92. The van der Waals surface area contributed by atoms with Crippen molar-refractivity contribution in [3.05, 3.63) is 23.0 Å². The van der Waals surface area contributed by atoms with Crippen molar-refractivity contribution in [2.24, 2.45) is 0 Å². The molecule has 1 rings (SSSR count). The smallest absolute Gasteiger partial charge is 0.418 e. The third kappa shape index (κ3) is 3.52. The van der Waals surface area contributed by atoms with Crippen LogP contribution in [0.15, 0.2) is 6.07 Å². The molecule has 9 heteroatoms. The number of carbonyl (C=O) groups excluding carboxylic acids is 1. The number of esters is 1. The molecule has 1 heterocycles. The fourth-order valence-corrected chi connectivity index (χ4v) is 1.34. The molecule has 0 aliphatic rings. The van der Waals surface area contributed by atoms with Gasteiger partial charge in [0.1, 0.15) is 5.69 Å². The summed E-state index contributed by atoms with van der Waals surface area (Å²) in [5.74, 6) is -0.898. The van der Waals surface area contributed by atoms with Gasteiger partial charge in [-0.1, -0.05) is 0 Å². The maximum absolute atomic E-state index is 12.6. The minimum absolute atomic E-state index is 0.456. The van der Waals surface area contributed by atoms with Crippen LogP contribution in [0.5, 0.6) is 0 Å². The lowest BCUT2D eigenvalue weighted by molar-refractivity contribution is -0.140. The summed E-state index contributed by atoms with van der Waals surface area (Å²) in [4.78, 5) is 14.2. The number of aromatic nitrogens is 1. The fourth-order valence-electron chi connectivity index (χ4n) is 1.34. The van der Waals surface area contributed by atoms with E-state index in [1.54, 1.807) is 0 Å². The predicted molar refractivity (Wildman–Crippen MR) is 54.3 cm³/mol. The van der Waals surface area contributed by atoms with Crippen LogP contribution in [0.4, 0.5) is 27.6 Å². The Balaban J connectivity index is 3.35. The molecule has 0 aliphatic heterocycles. The first-order chi connectivity index (χ1) is 8.66. The summed E-state index contributed by atoms with van der Waals surface area (Å²) in [5.41, 5.74) is 0.751. The Labute approximate surface area is 104 Å². The van der Waals surface area contributed by atoms with Crippen molar-refractivity contribution in [3.63, 3.8) is 0 Å². The normalized spacial score (nSPS) is 11.7. The number of nitrogens with zero attached hydrogens (tertiary/aromatic N) is 1. The average molecular weight is 284 g/mol. The highest BCUT2D eigenvalue weighted by Gasteiger charge is 2.36. The van der Waals surface area contributed by atoms with Crippen LogP contribution in [-0.2, 0) is 22.1 Å². The van der Waals surface area contributed by atoms with E-state index in [2.05, 4.69) is 9.72 Å². The third-order valence-electron chi connectivity index (χ3n) is 2.21. The first-order valence-corrected chi connectivity index (χ1v) is 4.88. The number of rotatable bonds is 3. The van der Waals surface area contributed by atoms with Gasteiger partial charge in [-0.3, -0.25) is 4.79 Å². The molecule has 0 radical (unpaired) electrons. The molecule has 19 heavy (non-hydrogen) atoms. The summed E-state index contributed by atoms with van der Waals surface area (Å²) in [6, 6.07) is 0.456. The second kappa shape index (κ2) is 5.37. The Kier molecular flexibility index (Phi) is 4.28. The van der Waals surface area contributed by atoms with Crippen LogP contribution in [0.3, 0.4) is 0 Å². The molecule has 1 aromatic rings. The lowest BCUT2D eigenvalue weighted by Crippen LogP contribution is -2.16. The highest BCUT2D eigenvalue weighted by molar-refractivity contribution is 5.72. The Bertz CT molecular complexity index is 488. The molecule has 0 amide bonds. The third-order valence-corrected chi connectivity index (χ3v) is 2.21. The molecule has 1 aromatic heterocycles. The molecule has 0 saturated heterocycles. The van der Waals surface area contributed by atoms with Crippen molar-refractivity contribution in [2.75, 3.05) is 12.8 Å². The van der Waals surface area contributed by atoms with Crippen molar-refractivity contribution in [3.8, 4) is 0 Å². The quantitative estimate of drug-likeness (QED) is 0.683. The van der Waals surface area contributed by atoms with Crippen LogP contribution in [-0.4, -0.2) is 18.1 Å². The van der Waals surface area contributed by atoms with Gasteiger partial charge in [0.05, 0.1) is 30.5 Å². The first-order valence-electron chi connectivity index (χ1n) is 4.88. The SMILES string of the molecule is COC(=O)Cc1cc(C(F)(F)F)c(N)c(C(F)F)n1. The summed E-state index contributed by atoms with van der Waals surface area (Å²) < 4.78 is 67.2. The minimum Gasteiger partial charge on any atom is -0.469 e. The largest absolute Gasteiger partial charge is 0.469 e. The van der Waals surface area contributed by atoms with Crippen LogP contribution in [0.1, 0.15) is 23.4 Å². The maximum Gasteiger partial charge on any atom is 0.418 e. The van der Waals surface area contributed by atoms with Crippen LogP contribution >= 0.6 is 0 Å². The number of pyridine rings is 1. The number of anilines is 1. The Hall–Kier alpha value is -1.93. The van der Waals surface area contributed by atoms with E-state index in [0.717, 1.165) is 7.11 Å². The van der Waals surface area contributed by atoms with E-state index in [1.165, 1.54) is 0 Å². The molecule has 0 spiro atoms. The van der Waals surface area contributed by atoms with Gasteiger partial charge in [-0.2, -0.15) is 13.2 Å². The maximum atomic E-state index is 12.6. The molecule has 2 N–H and O–H groups in total. The number of carbonyl (C=O) groups is 1. The lowest BCUT2D eigenvalue weighted by Gasteiger charge is -2.14. The number of halogens is 5. The van der Waals surface area contributed by atoms with Crippen molar-refractivity contribution < 1.29 is 31.5 Å². The van der Waals surface area contributed by atoms with Gasteiger partial charge < -0.3 is 10.5 Å². The van der Waals surface area contributed by atoms with Crippen LogP contribution in [0.25, 0.3) is 0 Å². The standard InChI is InChI=1S/C10H9F5N2O2/c1-19-6(18)3-4-2-5(10(13,14)15)7(16)8(17-4)9(11)12/h2,9H,3,16H2,1H3. The first kappa shape index (κ1) is 15.1. The topological polar surface area (TPSA) is 65.2 Å². The molecule has 0 bridgehead atoms. The molecule has 0 aliphatic carbocycles. The van der Waals surface area contributed by atoms with E-state index in [0.29, 0.717) is 6.07 Å². The van der Waals surface area contributed by atoms with Gasteiger partial charge in [0, 0.05) is 0 Å². The highest BCUT2D eigenvalue weighted by atomic mass is 19.4. The van der Waals surface area contributed by atoms with Gasteiger partial charge in [-0.05, 0) is 6.07 Å². The van der Waals surface area contributed by atoms with Gasteiger partial charge in [0.2, 0.25) is 0 Å². The zero-order chi connectivity index (χ0) is 14.8. The van der Waals surface area contributed by atoms with Gasteiger partial charge in [0.15, 0.2) is 0 Å². The van der Waals surface area contributed by atoms with E-state index in [9.17, 15) is 26.7 Å². The lowest BCUT2D eigenvalue weighted by atomic mass is 10.1. The summed E-state index contributed by atoms with van der Waals surface area (Å²) in [7, 11) is 1.01. The Morgan fingerprint density at radius 3 is 2.47 bits per heavy atom. The van der Waals surface area contributed by atoms with Gasteiger partial charge in [-0.25, -0.2) is 13.8 Å². The zero-order valence-corrected chi connectivity index (χ0v) is 9.59. The number of alkyl halides is 5.